The van der Waals surface area contributed by atoms with Gasteiger partial charge in [-0.05, 0) is 19.9 Å². The molecule has 1 saturated heterocycles. The molecular formula is C12H17N3O2. The molecule has 5 heteroatoms. The Morgan fingerprint density at radius 3 is 3.12 bits per heavy atom. The fourth-order valence-corrected chi connectivity index (χ4v) is 2.17. The lowest BCUT2D eigenvalue weighted by Gasteiger charge is -2.16. The van der Waals surface area contributed by atoms with E-state index in [0.29, 0.717) is 13.2 Å². The Kier molecular flexibility index (Phi) is 3.68. The summed E-state index contributed by atoms with van der Waals surface area (Å²) in [4.78, 5) is 20.3. The summed E-state index contributed by atoms with van der Waals surface area (Å²) in [5.41, 5.74) is 0.917. The van der Waals surface area contributed by atoms with Crippen LogP contribution in [-0.4, -0.2) is 35.6 Å². The number of nitrogens with one attached hydrogen (secondary N) is 1. The number of aromatic nitrogens is 2. The number of ether oxygens (including phenoxy) is 1. The molecule has 1 aliphatic rings. The highest BCUT2D eigenvalue weighted by atomic mass is 16.5. The van der Waals surface area contributed by atoms with Crippen molar-refractivity contribution in [1.29, 1.82) is 0 Å². The summed E-state index contributed by atoms with van der Waals surface area (Å²) in [7, 11) is 0. The summed E-state index contributed by atoms with van der Waals surface area (Å²) in [5, 5.41) is 3.22. The maximum atomic E-state index is 11.8. The van der Waals surface area contributed by atoms with Crippen molar-refractivity contribution in [2.45, 2.75) is 19.8 Å². The largest absolute Gasteiger partial charge is 0.466 e. The van der Waals surface area contributed by atoms with Crippen molar-refractivity contribution in [3.63, 3.8) is 0 Å². The number of aryl methyl sites for hydroxylation is 1. The highest BCUT2D eigenvalue weighted by Gasteiger charge is 2.35. The number of carbonyl (C=O) groups excluding carboxylic acids is 1. The summed E-state index contributed by atoms with van der Waals surface area (Å²) in [6, 6.07) is 1.87. The molecular weight excluding hydrogens is 218 g/mol. The first kappa shape index (κ1) is 12.0. The van der Waals surface area contributed by atoms with Crippen molar-refractivity contribution in [1.82, 2.24) is 15.3 Å². The van der Waals surface area contributed by atoms with Crippen molar-refractivity contribution >= 4 is 5.97 Å². The SMILES string of the molecule is CCOC(=O)C1CNCC1c1ccnc(C)n1. The molecule has 2 rings (SSSR count). The molecule has 0 spiro atoms. The van der Waals surface area contributed by atoms with Crippen molar-refractivity contribution < 1.29 is 9.53 Å². The van der Waals surface area contributed by atoms with Crippen molar-refractivity contribution in [3.05, 3.63) is 23.8 Å². The third-order valence-corrected chi connectivity index (χ3v) is 2.98. The average Bonchev–Trinajstić information content (AvgIpc) is 2.78. The second-order valence-electron chi connectivity index (χ2n) is 4.15. The number of hydrogen-bond donors (Lipinski definition) is 1. The van der Waals surface area contributed by atoms with E-state index in [1.807, 2.05) is 19.9 Å². The Hall–Kier alpha value is -1.49. The van der Waals surface area contributed by atoms with Gasteiger partial charge in [0.15, 0.2) is 0 Å². The molecule has 5 nitrogen and oxygen atoms in total. The summed E-state index contributed by atoms with van der Waals surface area (Å²) in [6.07, 6.45) is 1.73. The molecule has 2 atom stereocenters. The van der Waals surface area contributed by atoms with Gasteiger partial charge in [-0.2, -0.15) is 0 Å². The highest BCUT2D eigenvalue weighted by molar-refractivity contribution is 5.74. The molecule has 1 aromatic heterocycles. The van der Waals surface area contributed by atoms with Crippen LogP contribution in [0.1, 0.15) is 24.4 Å². The predicted molar refractivity (Wildman–Crippen MR) is 62.5 cm³/mol. The van der Waals surface area contributed by atoms with E-state index in [-0.39, 0.29) is 17.8 Å². The molecule has 1 aromatic rings. The maximum absolute atomic E-state index is 11.8. The molecule has 1 aliphatic heterocycles. The Labute approximate surface area is 101 Å². The Balaban J connectivity index is 2.17. The minimum Gasteiger partial charge on any atom is -0.466 e. The van der Waals surface area contributed by atoms with E-state index in [4.69, 9.17) is 4.74 Å². The second kappa shape index (κ2) is 5.23. The van der Waals surface area contributed by atoms with Gasteiger partial charge in [-0.1, -0.05) is 0 Å². The van der Waals surface area contributed by atoms with Crippen LogP contribution >= 0.6 is 0 Å². The van der Waals surface area contributed by atoms with Gasteiger partial charge < -0.3 is 10.1 Å². The molecule has 0 aromatic carbocycles. The van der Waals surface area contributed by atoms with Crippen LogP contribution in [-0.2, 0) is 9.53 Å². The zero-order chi connectivity index (χ0) is 12.3. The first-order chi connectivity index (χ1) is 8.22. The van der Waals surface area contributed by atoms with E-state index in [1.165, 1.54) is 0 Å². The summed E-state index contributed by atoms with van der Waals surface area (Å²) in [6.45, 7) is 5.52. The van der Waals surface area contributed by atoms with Crippen LogP contribution in [0.4, 0.5) is 0 Å². The van der Waals surface area contributed by atoms with Gasteiger partial charge in [0.2, 0.25) is 0 Å². The standard InChI is InChI=1S/C12H17N3O2/c1-3-17-12(16)10-7-13-6-9(10)11-4-5-14-8(2)15-11/h4-5,9-10,13H,3,6-7H2,1-2H3. The normalized spacial score (nSPS) is 23.6. The summed E-state index contributed by atoms with van der Waals surface area (Å²) < 4.78 is 5.09. The summed E-state index contributed by atoms with van der Waals surface area (Å²) >= 11 is 0. The van der Waals surface area contributed by atoms with Crippen LogP contribution < -0.4 is 5.32 Å². The van der Waals surface area contributed by atoms with Gasteiger partial charge in [-0.15, -0.1) is 0 Å². The van der Waals surface area contributed by atoms with Crippen molar-refractivity contribution in [2.75, 3.05) is 19.7 Å². The fourth-order valence-electron chi connectivity index (χ4n) is 2.17. The molecule has 17 heavy (non-hydrogen) atoms. The zero-order valence-electron chi connectivity index (χ0n) is 10.1. The van der Waals surface area contributed by atoms with E-state index < -0.39 is 0 Å². The quantitative estimate of drug-likeness (QED) is 0.779. The Bertz CT molecular complexity index is 408. The molecule has 1 fully saturated rings. The van der Waals surface area contributed by atoms with Gasteiger partial charge in [0, 0.05) is 30.9 Å². The molecule has 0 radical (unpaired) electrons. The first-order valence-corrected chi connectivity index (χ1v) is 5.89. The average molecular weight is 235 g/mol. The molecule has 0 saturated carbocycles. The third-order valence-electron chi connectivity index (χ3n) is 2.98. The lowest BCUT2D eigenvalue weighted by Crippen LogP contribution is -2.24. The zero-order valence-corrected chi connectivity index (χ0v) is 10.1. The van der Waals surface area contributed by atoms with Gasteiger partial charge in [0.1, 0.15) is 5.82 Å². The molecule has 0 bridgehead atoms. The van der Waals surface area contributed by atoms with Gasteiger partial charge in [0.25, 0.3) is 0 Å². The van der Waals surface area contributed by atoms with E-state index >= 15 is 0 Å². The van der Waals surface area contributed by atoms with E-state index in [9.17, 15) is 4.79 Å². The predicted octanol–water partition coefficient (Wildman–Crippen LogP) is 0.651. The monoisotopic (exact) mass is 235 g/mol. The van der Waals surface area contributed by atoms with Crippen LogP contribution in [0.2, 0.25) is 0 Å². The topological polar surface area (TPSA) is 64.1 Å². The smallest absolute Gasteiger partial charge is 0.310 e. The molecule has 1 N–H and O–H groups in total. The van der Waals surface area contributed by atoms with Gasteiger partial charge in [-0.25, -0.2) is 9.97 Å². The van der Waals surface area contributed by atoms with Crippen LogP contribution in [0.25, 0.3) is 0 Å². The Morgan fingerprint density at radius 1 is 1.59 bits per heavy atom. The second-order valence-corrected chi connectivity index (χ2v) is 4.15. The van der Waals surface area contributed by atoms with E-state index in [2.05, 4.69) is 15.3 Å². The lowest BCUT2D eigenvalue weighted by atomic mass is 9.93. The number of carbonyl (C=O) groups is 1. The number of hydrogen-bond acceptors (Lipinski definition) is 5. The lowest BCUT2D eigenvalue weighted by molar-refractivity contribution is -0.147. The maximum Gasteiger partial charge on any atom is 0.310 e. The minimum absolute atomic E-state index is 0.0933. The van der Waals surface area contributed by atoms with Crippen molar-refractivity contribution in [3.8, 4) is 0 Å². The number of nitrogens with zero attached hydrogens (tertiary/aromatic N) is 2. The van der Waals surface area contributed by atoms with Gasteiger partial charge in [0.05, 0.1) is 12.5 Å². The fraction of sp³-hybridized carbons (Fsp3) is 0.583. The summed E-state index contributed by atoms with van der Waals surface area (Å²) in [5.74, 6) is 0.552. The molecule has 0 amide bonds. The van der Waals surface area contributed by atoms with Crippen LogP contribution in [0.3, 0.4) is 0 Å². The Morgan fingerprint density at radius 2 is 2.41 bits per heavy atom. The van der Waals surface area contributed by atoms with Gasteiger partial charge in [-0.3, -0.25) is 4.79 Å². The molecule has 2 unspecified atom stereocenters. The van der Waals surface area contributed by atoms with Crippen LogP contribution in [0, 0.1) is 12.8 Å². The molecule has 2 heterocycles. The number of esters is 1. The molecule has 0 aliphatic carbocycles. The number of rotatable bonds is 3. The minimum atomic E-state index is -0.140. The van der Waals surface area contributed by atoms with Crippen LogP contribution in [0.5, 0.6) is 0 Å². The van der Waals surface area contributed by atoms with Crippen molar-refractivity contribution in [2.24, 2.45) is 5.92 Å². The van der Waals surface area contributed by atoms with E-state index in [0.717, 1.165) is 18.1 Å². The first-order valence-electron chi connectivity index (χ1n) is 5.89. The molecule has 92 valence electrons. The third kappa shape index (κ3) is 2.61. The van der Waals surface area contributed by atoms with Crippen LogP contribution in [0.15, 0.2) is 12.3 Å². The highest BCUT2D eigenvalue weighted by Crippen LogP contribution is 2.27. The van der Waals surface area contributed by atoms with Gasteiger partial charge >= 0.3 is 5.97 Å². The van der Waals surface area contributed by atoms with E-state index in [1.54, 1.807) is 6.20 Å².